The molecule has 1 aromatic rings. The molecule has 0 aromatic heterocycles. The number of carbonyl (C=O) groups is 2. The molecular formula is C20H30N2O3. The lowest BCUT2D eigenvalue weighted by Gasteiger charge is -2.32. The van der Waals surface area contributed by atoms with E-state index in [2.05, 4.69) is 17.6 Å². The number of nitrogens with one attached hydrogen (secondary N) is 2. The molecule has 138 valence electrons. The van der Waals surface area contributed by atoms with E-state index in [1.807, 2.05) is 32.0 Å². The number of amides is 2. The quantitative estimate of drug-likeness (QED) is 0.798. The van der Waals surface area contributed by atoms with Crippen molar-refractivity contribution in [1.82, 2.24) is 10.6 Å². The third-order valence-corrected chi connectivity index (χ3v) is 4.82. The van der Waals surface area contributed by atoms with E-state index in [1.165, 1.54) is 6.42 Å². The van der Waals surface area contributed by atoms with E-state index in [1.54, 1.807) is 12.1 Å². The first kappa shape index (κ1) is 19.3. The highest BCUT2D eigenvalue weighted by atomic mass is 16.5. The minimum absolute atomic E-state index is 0.0135. The summed E-state index contributed by atoms with van der Waals surface area (Å²) >= 11 is 0. The first-order valence-corrected chi connectivity index (χ1v) is 9.25. The molecule has 5 nitrogen and oxygen atoms in total. The number of carbonyl (C=O) groups excluding carboxylic acids is 2. The van der Waals surface area contributed by atoms with Crippen molar-refractivity contribution in [1.29, 1.82) is 0 Å². The number of para-hydroxylation sites is 1. The fraction of sp³-hybridized carbons (Fsp3) is 0.600. The third kappa shape index (κ3) is 6.07. The van der Waals surface area contributed by atoms with Crippen LogP contribution in [0.2, 0.25) is 0 Å². The number of hydrogen-bond acceptors (Lipinski definition) is 3. The Balaban J connectivity index is 1.86. The van der Waals surface area contributed by atoms with Gasteiger partial charge in [-0.3, -0.25) is 9.59 Å². The van der Waals surface area contributed by atoms with Crippen molar-refractivity contribution in [2.24, 2.45) is 11.8 Å². The van der Waals surface area contributed by atoms with E-state index in [9.17, 15) is 9.59 Å². The highest BCUT2D eigenvalue weighted by Crippen LogP contribution is 2.24. The second kappa shape index (κ2) is 9.44. The third-order valence-electron chi connectivity index (χ3n) is 4.82. The van der Waals surface area contributed by atoms with E-state index in [0.29, 0.717) is 11.7 Å². The van der Waals surface area contributed by atoms with Crippen LogP contribution in [0, 0.1) is 11.8 Å². The van der Waals surface area contributed by atoms with Crippen molar-refractivity contribution >= 4 is 11.8 Å². The van der Waals surface area contributed by atoms with Gasteiger partial charge in [0.2, 0.25) is 5.91 Å². The lowest BCUT2D eigenvalue weighted by atomic mass is 9.85. The normalized spacial score (nSPS) is 21.4. The van der Waals surface area contributed by atoms with Gasteiger partial charge < -0.3 is 15.4 Å². The van der Waals surface area contributed by atoms with Crippen LogP contribution in [0.4, 0.5) is 0 Å². The minimum Gasteiger partial charge on any atom is -0.484 e. The predicted molar refractivity (Wildman–Crippen MR) is 98.3 cm³/mol. The molecule has 1 fully saturated rings. The standard InChI is InChI=1S/C20H30N2O3/c1-14(2)19(20(24)21-17-12-8-7-9-15(17)3)22-18(23)13-25-16-10-5-4-6-11-16/h4-6,10-11,14-15,17,19H,7-9,12-13H2,1-3H3,(H,21,24)(H,22,23). The van der Waals surface area contributed by atoms with Crippen molar-refractivity contribution in [3.63, 3.8) is 0 Å². The summed E-state index contributed by atoms with van der Waals surface area (Å²) in [7, 11) is 0. The summed E-state index contributed by atoms with van der Waals surface area (Å²) in [5.74, 6) is 0.762. The fourth-order valence-corrected chi connectivity index (χ4v) is 3.22. The van der Waals surface area contributed by atoms with Gasteiger partial charge in [-0.15, -0.1) is 0 Å². The smallest absolute Gasteiger partial charge is 0.258 e. The molecule has 1 aliphatic rings. The highest BCUT2D eigenvalue weighted by molar-refractivity contribution is 5.88. The van der Waals surface area contributed by atoms with Gasteiger partial charge in [-0.05, 0) is 36.8 Å². The van der Waals surface area contributed by atoms with Crippen molar-refractivity contribution in [2.75, 3.05) is 6.61 Å². The largest absolute Gasteiger partial charge is 0.484 e. The van der Waals surface area contributed by atoms with Crippen LogP contribution in [0.25, 0.3) is 0 Å². The van der Waals surface area contributed by atoms with Crippen LogP contribution in [-0.2, 0) is 9.59 Å². The summed E-state index contributed by atoms with van der Waals surface area (Å²) in [6, 6.07) is 8.85. The van der Waals surface area contributed by atoms with Crippen LogP contribution in [0.15, 0.2) is 30.3 Å². The van der Waals surface area contributed by atoms with Gasteiger partial charge in [-0.25, -0.2) is 0 Å². The minimum atomic E-state index is -0.541. The van der Waals surface area contributed by atoms with Gasteiger partial charge in [0, 0.05) is 6.04 Å². The average Bonchev–Trinajstić information content (AvgIpc) is 2.60. The molecule has 3 atom stereocenters. The zero-order valence-corrected chi connectivity index (χ0v) is 15.5. The van der Waals surface area contributed by atoms with Crippen LogP contribution >= 0.6 is 0 Å². The molecule has 0 aliphatic heterocycles. The Labute approximate surface area is 150 Å². The molecule has 0 bridgehead atoms. The van der Waals surface area contributed by atoms with Gasteiger partial charge in [0.15, 0.2) is 6.61 Å². The Hall–Kier alpha value is -2.04. The Morgan fingerprint density at radius 1 is 1.16 bits per heavy atom. The molecule has 1 saturated carbocycles. The van der Waals surface area contributed by atoms with Gasteiger partial charge in [-0.2, -0.15) is 0 Å². The molecule has 3 unspecified atom stereocenters. The average molecular weight is 346 g/mol. The molecule has 2 amide bonds. The lowest BCUT2D eigenvalue weighted by Crippen LogP contribution is -2.54. The van der Waals surface area contributed by atoms with Crippen molar-refractivity contribution in [3.8, 4) is 5.75 Å². The Bertz CT molecular complexity index is 559. The number of rotatable bonds is 7. The second-order valence-corrected chi connectivity index (χ2v) is 7.27. The molecule has 25 heavy (non-hydrogen) atoms. The van der Waals surface area contributed by atoms with Gasteiger partial charge in [0.05, 0.1) is 0 Å². The zero-order chi connectivity index (χ0) is 18.2. The molecule has 2 rings (SSSR count). The highest BCUT2D eigenvalue weighted by Gasteiger charge is 2.29. The monoisotopic (exact) mass is 346 g/mol. The Morgan fingerprint density at radius 2 is 1.84 bits per heavy atom. The number of ether oxygens (including phenoxy) is 1. The Morgan fingerprint density at radius 3 is 2.48 bits per heavy atom. The van der Waals surface area contributed by atoms with Gasteiger partial charge >= 0.3 is 0 Å². The first-order valence-electron chi connectivity index (χ1n) is 9.25. The van der Waals surface area contributed by atoms with Gasteiger partial charge in [0.1, 0.15) is 11.8 Å². The maximum absolute atomic E-state index is 12.6. The summed E-state index contributed by atoms with van der Waals surface area (Å²) < 4.78 is 5.45. The van der Waals surface area contributed by atoms with Crippen LogP contribution in [0.5, 0.6) is 5.75 Å². The summed E-state index contributed by atoms with van der Waals surface area (Å²) in [6.45, 7) is 5.96. The maximum Gasteiger partial charge on any atom is 0.258 e. The zero-order valence-electron chi connectivity index (χ0n) is 15.5. The predicted octanol–water partition coefficient (Wildman–Crippen LogP) is 2.90. The van der Waals surface area contributed by atoms with Gasteiger partial charge in [-0.1, -0.05) is 51.8 Å². The first-order chi connectivity index (χ1) is 12.0. The van der Waals surface area contributed by atoms with Gasteiger partial charge in [0.25, 0.3) is 5.91 Å². The Kier molecular flexibility index (Phi) is 7.29. The van der Waals surface area contributed by atoms with Crippen molar-refractivity contribution in [2.45, 2.75) is 58.5 Å². The van der Waals surface area contributed by atoms with E-state index in [-0.39, 0.29) is 30.4 Å². The summed E-state index contributed by atoms with van der Waals surface area (Å²) in [4.78, 5) is 24.8. The van der Waals surface area contributed by atoms with Crippen LogP contribution in [-0.4, -0.2) is 30.5 Å². The van der Waals surface area contributed by atoms with Crippen LogP contribution in [0.3, 0.4) is 0 Å². The SMILES string of the molecule is CC(C)C(NC(=O)COc1ccccc1)C(=O)NC1CCCCC1C. The molecular weight excluding hydrogens is 316 g/mol. The van der Waals surface area contributed by atoms with Crippen LogP contribution < -0.4 is 15.4 Å². The van der Waals surface area contributed by atoms with E-state index in [0.717, 1.165) is 19.3 Å². The molecule has 5 heteroatoms. The molecule has 1 aromatic carbocycles. The lowest BCUT2D eigenvalue weighted by molar-refractivity contribution is -0.131. The molecule has 0 saturated heterocycles. The topological polar surface area (TPSA) is 67.4 Å². The van der Waals surface area contributed by atoms with E-state index < -0.39 is 6.04 Å². The second-order valence-electron chi connectivity index (χ2n) is 7.27. The summed E-state index contributed by atoms with van der Waals surface area (Å²) in [5.41, 5.74) is 0. The molecule has 2 N–H and O–H groups in total. The van der Waals surface area contributed by atoms with Crippen LogP contribution in [0.1, 0.15) is 46.5 Å². The summed E-state index contributed by atoms with van der Waals surface area (Å²) in [5, 5.41) is 5.95. The number of benzene rings is 1. The maximum atomic E-state index is 12.6. The summed E-state index contributed by atoms with van der Waals surface area (Å²) in [6.07, 6.45) is 4.55. The van der Waals surface area contributed by atoms with E-state index >= 15 is 0 Å². The molecule has 0 radical (unpaired) electrons. The van der Waals surface area contributed by atoms with E-state index in [4.69, 9.17) is 4.74 Å². The van der Waals surface area contributed by atoms with Crippen molar-refractivity contribution in [3.05, 3.63) is 30.3 Å². The molecule has 1 aliphatic carbocycles. The molecule has 0 heterocycles. The number of hydrogen-bond donors (Lipinski definition) is 2. The molecule has 0 spiro atoms. The fourth-order valence-electron chi connectivity index (χ4n) is 3.22. The van der Waals surface area contributed by atoms with Crippen molar-refractivity contribution < 1.29 is 14.3 Å².